The van der Waals surface area contributed by atoms with E-state index >= 15 is 0 Å². The average Bonchev–Trinajstić information content (AvgIpc) is 3.05. The van der Waals surface area contributed by atoms with Crippen molar-refractivity contribution in [3.05, 3.63) is 53.6 Å². The Morgan fingerprint density at radius 3 is 2.78 bits per heavy atom. The molecule has 2 amide bonds. The fourth-order valence-electron chi connectivity index (χ4n) is 3.03. The molecule has 27 heavy (non-hydrogen) atoms. The number of nitrogens with one attached hydrogen (secondary N) is 2. The van der Waals surface area contributed by atoms with E-state index in [1.165, 1.54) is 6.07 Å². The molecule has 0 spiro atoms. The van der Waals surface area contributed by atoms with Crippen LogP contribution in [0.4, 0.5) is 16.2 Å². The molecule has 2 aromatic carbocycles. The van der Waals surface area contributed by atoms with Crippen molar-refractivity contribution in [2.75, 3.05) is 36.4 Å². The Balaban J connectivity index is 1.77. The Morgan fingerprint density at radius 2 is 2.04 bits per heavy atom. The predicted molar refractivity (Wildman–Crippen MR) is 105 cm³/mol. The standard InChI is InChI=1S/C19H23N3O4S/c1-14-4-3-5-16(12-14)21-27(24,25)17-6-7-18-15(13-17)8-10-22(18)19(23)20-9-11-26-2/h3-7,12-13,21H,8-11H2,1-2H3,(H,20,23). The van der Waals surface area contributed by atoms with Crippen molar-refractivity contribution in [1.82, 2.24) is 5.32 Å². The number of aryl methyl sites for hydroxylation is 1. The molecule has 0 atom stereocenters. The molecule has 0 saturated carbocycles. The van der Waals surface area contributed by atoms with E-state index in [-0.39, 0.29) is 10.9 Å². The van der Waals surface area contributed by atoms with Crippen molar-refractivity contribution in [2.24, 2.45) is 0 Å². The van der Waals surface area contributed by atoms with Crippen molar-refractivity contribution < 1.29 is 17.9 Å². The highest BCUT2D eigenvalue weighted by molar-refractivity contribution is 7.92. The van der Waals surface area contributed by atoms with Crippen LogP contribution in [-0.4, -0.2) is 41.3 Å². The van der Waals surface area contributed by atoms with Crippen LogP contribution in [0.1, 0.15) is 11.1 Å². The highest BCUT2D eigenvalue weighted by Crippen LogP contribution is 2.30. The normalized spacial score (nSPS) is 13.3. The van der Waals surface area contributed by atoms with Crippen LogP contribution >= 0.6 is 0 Å². The summed E-state index contributed by atoms with van der Waals surface area (Å²) in [5.74, 6) is 0. The third-order valence-electron chi connectivity index (χ3n) is 4.35. The van der Waals surface area contributed by atoms with E-state index in [1.54, 1.807) is 42.3 Å². The van der Waals surface area contributed by atoms with Gasteiger partial charge in [0.25, 0.3) is 10.0 Å². The molecular weight excluding hydrogens is 366 g/mol. The largest absolute Gasteiger partial charge is 0.383 e. The summed E-state index contributed by atoms with van der Waals surface area (Å²) in [6.45, 7) is 3.28. The summed E-state index contributed by atoms with van der Waals surface area (Å²) in [5.41, 5.74) is 3.07. The molecular formula is C19H23N3O4S. The number of carbonyl (C=O) groups is 1. The van der Waals surface area contributed by atoms with E-state index < -0.39 is 10.0 Å². The van der Waals surface area contributed by atoms with Gasteiger partial charge < -0.3 is 10.1 Å². The monoisotopic (exact) mass is 389 g/mol. The maximum absolute atomic E-state index is 12.7. The summed E-state index contributed by atoms with van der Waals surface area (Å²) in [5, 5.41) is 2.78. The lowest BCUT2D eigenvalue weighted by atomic mass is 10.2. The average molecular weight is 389 g/mol. The molecule has 3 rings (SSSR count). The number of hydrogen-bond acceptors (Lipinski definition) is 4. The van der Waals surface area contributed by atoms with E-state index in [1.807, 2.05) is 13.0 Å². The summed E-state index contributed by atoms with van der Waals surface area (Å²) >= 11 is 0. The van der Waals surface area contributed by atoms with Crippen LogP contribution in [0.3, 0.4) is 0 Å². The van der Waals surface area contributed by atoms with Crippen LogP contribution < -0.4 is 14.9 Å². The Bertz CT molecular complexity index is 944. The van der Waals surface area contributed by atoms with E-state index in [2.05, 4.69) is 10.0 Å². The van der Waals surface area contributed by atoms with Gasteiger partial charge in [-0.15, -0.1) is 0 Å². The topological polar surface area (TPSA) is 87.7 Å². The second-order valence-corrected chi connectivity index (χ2v) is 8.07. The summed E-state index contributed by atoms with van der Waals surface area (Å²) in [4.78, 5) is 14.1. The maximum atomic E-state index is 12.7. The minimum absolute atomic E-state index is 0.185. The van der Waals surface area contributed by atoms with Crippen molar-refractivity contribution in [2.45, 2.75) is 18.2 Å². The molecule has 2 N–H and O–H groups in total. The number of anilines is 2. The lowest BCUT2D eigenvalue weighted by molar-refractivity contribution is 0.197. The van der Waals surface area contributed by atoms with Gasteiger partial charge >= 0.3 is 6.03 Å². The first-order valence-corrected chi connectivity index (χ1v) is 10.2. The van der Waals surface area contributed by atoms with Crippen LogP contribution in [0.5, 0.6) is 0 Å². The van der Waals surface area contributed by atoms with Gasteiger partial charge in [-0.05, 0) is 54.8 Å². The molecule has 2 aromatic rings. The number of benzene rings is 2. The quantitative estimate of drug-likeness (QED) is 0.743. The first kappa shape index (κ1) is 19.2. The first-order valence-electron chi connectivity index (χ1n) is 8.67. The molecule has 1 aliphatic rings. The third-order valence-corrected chi connectivity index (χ3v) is 5.73. The number of carbonyl (C=O) groups excluding carboxylic acids is 1. The lowest BCUT2D eigenvalue weighted by Gasteiger charge is -2.18. The molecule has 7 nitrogen and oxygen atoms in total. The van der Waals surface area contributed by atoms with Crippen LogP contribution in [0.2, 0.25) is 0 Å². The fraction of sp³-hybridized carbons (Fsp3) is 0.316. The predicted octanol–water partition coefficient (Wildman–Crippen LogP) is 2.51. The van der Waals surface area contributed by atoms with E-state index in [0.717, 1.165) is 16.8 Å². The highest BCUT2D eigenvalue weighted by Gasteiger charge is 2.26. The second-order valence-electron chi connectivity index (χ2n) is 6.39. The number of rotatable bonds is 6. The molecule has 1 aliphatic heterocycles. The zero-order valence-electron chi connectivity index (χ0n) is 15.4. The molecule has 0 aromatic heterocycles. The van der Waals surface area contributed by atoms with Gasteiger partial charge in [0.1, 0.15) is 0 Å². The van der Waals surface area contributed by atoms with E-state index in [9.17, 15) is 13.2 Å². The van der Waals surface area contributed by atoms with Gasteiger partial charge in [0.05, 0.1) is 11.5 Å². The summed E-state index contributed by atoms with van der Waals surface area (Å²) in [7, 11) is -2.12. The Kier molecular flexibility index (Phi) is 5.67. The van der Waals surface area contributed by atoms with Gasteiger partial charge in [0.2, 0.25) is 0 Å². The highest BCUT2D eigenvalue weighted by atomic mass is 32.2. The Labute approximate surface area is 159 Å². The van der Waals surface area contributed by atoms with Crippen molar-refractivity contribution in [1.29, 1.82) is 0 Å². The van der Waals surface area contributed by atoms with Crippen molar-refractivity contribution >= 4 is 27.4 Å². The second kappa shape index (κ2) is 7.98. The molecule has 1 heterocycles. The summed E-state index contributed by atoms with van der Waals surface area (Å²) in [6.07, 6.45) is 0.612. The fourth-order valence-corrected chi connectivity index (χ4v) is 4.13. The van der Waals surface area contributed by atoms with Crippen molar-refractivity contribution in [3.8, 4) is 0 Å². The molecule has 0 saturated heterocycles. The summed E-state index contributed by atoms with van der Waals surface area (Å²) in [6, 6.07) is 11.8. The van der Waals surface area contributed by atoms with Gasteiger partial charge in [-0.2, -0.15) is 0 Å². The lowest BCUT2D eigenvalue weighted by Crippen LogP contribution is -2.40. The van der Waals surface area contributed by atoms with Crippen LogP contribution in [0.25, 0.3) is 0 Å². The molecule has 0 unspecified atom stereocenters. The van der Waals surface area contributed by atoms with Crippen LogP contribution in [-0.2, 0) is 21.2 Å². The van der Waals surface area contributed by atoms with Gasteiger partial charge in [-0.3, -0.25) is 9.62 Å². The van der Waals surface area contributed by atoms with E-state index in [0.29, 0.717) is 31.8 Å². The van der Waals surface area contributed by atoms with Gasteiger partial charge in [0.15, 0.2) is 0 Å². The number of ether oxygens (including phenoxy) is 1. The maximum Gasteiger partial charge on any atom is 0.321 e. The number of fused-ring (bicyclic) bond motifs is 1. The first-order chi connectivity index (χ1) is 12.9. The van der Waals surface area contributed by atoms with Crippen LogP contribution in [0.15, 0.2) is 47.4 Å². The molecule has 0 bridgehead atoms. The van der Waals surface area contributed by atoms with Gasteiger partial charge in [0, 0.05) is 31.6 Å². The summed E-state index contributed by atoms with van der Waals surface area (Å²) < 4.78 is 32.9. The number of sulfonamides is 1. The molecule has 0 radical (unpaired) electrons. The minimum Gasteiger partial charge on any atom is -0.383 e. The van der Waals surface area contributed by atoms with Crippen molar-refractivity contribution in [3.63, 3.8) is 0 Å². The smallest absolute Gasteiger partial charge is 0.321 e. The van der Waals surface area contributed by atoms with Gasteiger partial charge in [-0.25, -0.2) is 13.2 Å². The number of nitrogens with zero attached hydrogens (tertiary/aromatic N) is 1. The zero-order chi connectivity index (χ0) is 19.4. The number of amides is 2. The van der Waals surface area contributed by atoms with Crippen LogP contribution in [0, 0.1) is 6.92 Å². The third kappa shape index (κ3) is 4.40. The van der Waals surface area contributed by atoms with E-state index in [4.69, 9.17) is 4.74 Å². The number of hydrogen-bond donors (Lipinski definition) is 2. The minimum atomic E-state index is -3.69. The Morgan fingerprint density at radius 1 is 1.22 bits per heavy atom. The molecule has 8 heteroatoms. The number of methoxy groups -OCH3 is 1. The Hall–Kier alpha value is -2.58. The zero-order valence-corrected chi connectivity index (χ0v) is 16.2. The molecule has 0 aliphatic carbocycles. The molecule has 144 valence electrons. The van der Waals surface area contributed by atoms with Gasteiger partial charge in [-0.1, -0.05) is 12.1 Å². The SMILES string of the molecule is COCCNC(=O)N1CCc2cc(S(=O)(=O)Nc3cccc(C)c3)ccc21. The molecule has 0 fully saturated rings. The number of urea groups is 1.